The second-order valence-electron chi connectivity index (χ2n) is 5.43. The fraction of sp³-hybridized carbons (Fsp3) is 0.533. The van der Waals surface area contributed by atoms with Gasteiger partial charge in [0.2, 0.25) is 0 Å². The maximum absolute atomic E-state index is 5.76. The van der Waals surface area contributed by atoms with E-state index < -0.39 is 0 Å². The highest BCUT2D eigenvalue weighted by atomic mass is 32.1. The van der Waals surface area contributed by atoms with Crippen molar-refractivity contribution in [1.82, 2.24) is 4.98 Å². The normalized spacial score (nSPS) is 24.6. The maximum atomic E-state index is 5.76. The summed E-state index contributed by atoms with van der Waals surface area (Å²) in [5.74, 6) is 1.42. The van der Waals surface area contributed by atoms with Gasteiger partial charge in [-0.05, 0) is 56.7 Å². The van der Waals surface area contributed by atoms with E-state index in [9.17, 15) is 0 Å². The van der Waals surface area contributed by atoms with Crippen LogP contribution in [0.5, 0.6) is 0 Å². The van der Waals surface area contributed by atoms with Crippen LogP contribution in [0.3, 0.4) is 0 Å². The van der Waals surface area contributed by atoms with E-state index in [0.29, 0.717) is 5.92 Å². The van der Waals surface area contributed by atoms with Gasteiger partial charge in [-0.2, -0.15) is 0 Å². The van der Waals surface area contributed by atoms with Crippen LogP contribution < -0.4 is 5.73 Å². The van der Waals surface area contributed by atoms with Gasteiger partial charge < -0.3 is 5.73 Å². The molecule has 1 heterocycles. The van der Waals surface area contributed by atoms with Crippen molar-refractivity contribution < 1.29 is 0 Å². The molecule has 2 N–H and O–H groups in total. The molecule has 2 nitrogen and oxygen atoms in total. The zero-order valence-electron chi connectivity index (χ0n) is 10.9. The fourth-order valence-corrected chi connectivity index (χ4v) is 4.14. The molecule has 0 spiro atoms. The zero-order chi connectivity index (χ0) is 12.5. The number of aryl methyl sites for hydroxylation is 1. The summed E-state index contributed by atoms with van der Waals surface area (Å²) in [6.45, 7) is 3.00. The van der Waals surface area contributed by atoms with Crippen LogP contribution in [0, 0.1) is 12.8 Å². The van der Waals surface area contributed by atoms with Gasteiger partial charge in [0.05, 0.1) is 15.2 Å². The van der Waals surface area contributed by atoms with Crippen molar-refractivity contribution in [2.75, 3.05) is 6.54 Å². The SMILES string of the molecule is Cc1cccc2sc(C3CCC(CN)CC3)nc12. The molecule has 0 unspecified atom stereocenters. The van der Waals surface area contributed by atoms with Crippen molar-refractivity contribution >= 4 is 21.6 Å². The molecule has 0 saturated heterocycles. The van der Waals surface area contributed by atoms with E-state index in [4.69, 9.17) is 10.7 Å². The van der Waals surface area contributed by atoms with Crippen molar-refractivity contribution in [1.29, 1.82) is 0 Å². The number of nitrogens with zero attached hydrogens (tertiary/aromatic N) is 1. The van der Waals surface area contributed by atoms with Crippen LogP contribution in [0.25, 0.3) is 10.2 Å². The molecule has 18 heavy (non-hydrogen) atoms. The van der Waals surface area contributed by atoms with Gasteiger partial charge in [0.15, 0.2) is 0 Å². The molecule has 0 aliphatic heterocycles. The average molecular weight is 260 g/mol. The summed E-state index contributed by atoms with van der Waals surface area (Å²) >= 11 is 1.88. The molecule has 0 amide bonds. The Labute approximate surface area is 112 Å². The first-order valence-electron chi connectivity index (χ1n) is 6.84. The first kappa shape index (κ1) is 12.1. The summed E-state index contributed by atoms with van der Waals surface area (Å²) < 4.78 is 1.34. The largest absolute Gasteiger partial charge is 0.330 e. The van der Waals surface area contributed by atoms with Crippen molar-refractivity contribution in [2.24, 2.45) is 11.7 Å². The second-order valence-corrected chi connectivity index (χ2v) is 6.49. The number of benzene rings is 1. The standard InChI is InChI=1S/C15H20N2S/c1-10-3-2-4-13-14(10)17-15(18-13)12-7-5-11(9-16)6-8-12/h2-4,11-12H,5-9,16H2,1H3. The molecule has 1 aliphatic carbocycles. The minimum Gasteiger partial charge on any atom is -0.330 e. The summed E-state index contributed by atoms with van der Waals surface area (Å²) in [7, 11) is 0. The van der Waals surface area contributed by atoms with Crippen LogP contribution in [-0.2, 0) is 0 Å². The van der Waals surface area contributed by atoms with Crippen LogP contribution in [0.4, 0.5) is 0 Å². The van der Waals surface area contributed by atoms with Crippen molar-refractivity contribution in [3.8, 4) is 0 Å². The maximum Gasteiger partial charge on any atom is 0.0969 e. The first-order chi connectivity index (χ1) is 8.78. The third-order valence-corrected chi connectivity index (χ3v) is 5.35. The fourth-order valence-electron chi connectivity index (χ4n) is 2.92. The topological polar surface area (TPSA) is 38.9 Å². The molecule has 1 fully saturated rings. The molecule has 1 aromatic heterocycles. The van der Waals surface area contributed by atoms with Crippen LogP contribution >= 0.6 is 11.3 Å². The third-order valence-electron chi connectivity index (χ3n) is 4.17. The second kappa shape index (κ2) is 4.98. The van der Waals surface area contributed by atoms with Gasteiger partial charge in [0.1, 0.15) is 0 Å². The van der Waals surface area contributed by atoms with E-state index in [1.54, 1.807) is 0 Å². The smallest absolute Gasteiger partial charge is 0.0969 e. The number of rotatable bonds is 2. The molecular weight excluding hydrogens is 240 g/mol. The van der Waals surface area contributed by atoms with Gasteiger partial charge in [0.25, 0.3) is 0 Å². The lowest BCUT2D eigenvalue weighted by molar-refractivity contribution is 0.332. The lowest BCUT2D eigenvalue weighted by Gasteiger charge is -2.26. The number of hydrogen-bond donors (Lipinski definition) is 1. The summed E-state index contributed by atoms with van der Waals surface area (Å²) in [4.78, 5) is 4.87. The summed E-state index contributed by atoms with van der Waals surface area (Å²) in [5.41, 5.74) is 8.26. The highest BCUT2D eigenvalue weighted by Crippen LogP contribution is 2.39. The predicted octanol–water partition coefficient (Wildman–Crippen LogP) is 3.84. The van der Waals surface area contributed by atoms with Crippen LogP contribution in [-0.4, -0.2) is 11.5 Å². The minimum absolute atomic E-state index is 0.671. The molecule has 0 radical (unpaired) electrons. The van der Waals surface area contributed by atoms with Crippen molar-refractivity contribution in [2.45, 2.75) is 38.5 Å². The van der Waals surface area contributed by atoms with Crippen LogP contribution in [0.15, 0.2) is 18.2 Å². The zero-order valence-corrected chi connectivity index (χ0v) is 11.7. The van der Waals surface area contributed by atoms with Gasteiger partial charge in [-0.3, -0.25) is 0 Å². The molecule has 1 aliphatic rings. The number of hydrogen-bond acceptors (Lipinski definition) is 3. The van der Waals surface area contributed by atoms with E-state index in [2.05, 4.69) is 25.1 Å². The van der Waals surface area contributed by atoms with Gasteiger partial charge in [-0.15, -0.1) is 11.3 Å². The molecule has 3 rings (SSSR count). The van der Waals surface area contributed by atoms with Gasteiger partial charge in [-0.1, -0.05) is 12.1 Å². The van der Waals surface area contributed by atoms with Gasteiger partial charge >= 0.3 is 0 Å². The Morgan fingerprint density at radius 1 is 1.28 bits per heavy atom. The van der Waals surface area contributed by atoms with E-state index in [-0.39, 0.29) is 0 Å². The number of thiazole rings is 1. The average Bonchev–Trinajstić information content (AvgIpc) is 2.84. The highest BCUT2D eigenvalue weighted by Gasteiger charge is 2.24. The number of aromatic nitrogens is 1. The molecule has 0 bridgehead atoms. The Balaban J connectivity index is 1.85. The molecule has 1 aromatic carbocycles. The Morgan fingerprint density at radius 2 is 2.06 bits per heavy atom. The van der Waals surface area contributed by atoms with Crippen molar-refractivity contribution in [3.63, 3.8) is 0 Å². The quantitative estimate of drug-likeness (QED) is 0.891. The molecule has 0 atom stereocenters. The Kier molecular flexibility index (Phi) is 3.35. The van der Waals surface area contributed by atoms with Crippen molar-refractivity contribution in [3.05, 3.63) is 28.8 Å². The third kappa shape index (κ3) is 2.17. The lowest BCUT2D eigenvalue weighted by atomic mass is 9.82. The van der Waals surface area contributed by atoms with E-state index in [1.165, 1.54) is 46.5 Å². The van der Waals surface area contributed by atoms with Crippen LogP contribution in [0.1, 0.15) is 42.2 Å². The summed E-state index contributed by atoms with van der Waals surface area (Å²) in [5, 5.41) is 1.34. The lowest BCUT2D eigenvalue weighted by Crippen LogP contribution is -2.20. The van der Waals surface area contributed by atoms with Gasteiger partial charge in [0, 0.05) is 5.92 Å². The number of para-hydroxylation sites is 1. The number of fused-ring (bicyclic) bond motifs is 1. The summed E-state index contributed by atoms with van der Waals surface area (Å²) in [6, 6.07) is 6.47. The Bertz CT molecular complexity index is 538. The molecular formula is C15H20N2S. The molecule has 3 heteroatoms. The monoisotopic (exact) mass is 260 g/mol. The summed E-state index contributed by atoms with van der Waals surface area (Å²) in [6.07, 6.45) is 5.08. The van der Waals surface area contributed by atoms with Gasteiger partial charge in [-0.25, -0.2) is 4.98 Å². The molecule has 96 valence electrons. The first-order valence-corrected chi connectivity index (χ1v) is 7.65. The van der Waals surface area contributed by atoms with E-state index in [1.807, 2.05) is 11.3 Å². The highest BCUT2D eigenvalue weighted by molar-refractivity contribution is 7.18. The molecule has 1 saturated carbocycles. The molecule has 2 aromatic rings. The Hall–Kier alpha value is -0.930. The minimum atomic E-state index is 0.671. The predicted molar refractivity (Wildman–Crippen MR) is 78.1 cm³/mol. The Morgan fingerprint density at radius 3 is 2.72 bits per heavy atom. The van der Waals surface area contributed by atoms with Crippen LogP contribution in [0.2, 0.25) is 0 Å². The number of nitrogens with two attached hydrogens (primary N) is 1. The van der Waals surface area contributed by atoms with E-state index >= 15 is 0 Å². The van der Waals surface area contributed by atoms with E-state index in [0.717, 1.165) is 12.5 Å².